The van der Waals surface area contributed by atoms with Crippen LogP contribution >= 0.6 is 27.3 Å². The lowest BCUT2D eigenvalue weighted by Crippen LogP contribution is -1.82. The lowest BCUT2D eigenvalue weighted by Gasteiger charge is -2.02. The highest BCUT2D eigenvalue weighted by atomic mass is 79.9. The summed E-state index contributed by atoms with van der Waals surface area (Å²) in [6.45, 7) is 0. The molecule has 106 valence electrons. The number of azo groups is 1. The number of ether oxygens (including phenoxy) is 1. The second-order valence-corrected chi connectivity index (χ2v) is 6.09. The zero-order chi connectivity index (χ0) is 14.8. The summed E-state index contributed by atoms with van der Waals surface area (Å²) < 4.78 is 7.08. The summed E-state index contributed by atoms with van der Waals surface area (Å²) in [6, 6.07) is 10.7. The van der Waals surface area contributed by atoms with Gasteiger partial charge in [0.25, 0.3) is 0 Å². The number of nitrogens with zero attached hydrogens (tertiary/aromatic N) is 3. The zero-order valence-electron chi connectivity index (χ0n) is 10.9. The number of hydrogen-bond donors (Lipinski definition) is 1. The molecule has 0 saturated heterocycles. The second-order valence-electron chi connectivity index (χ2n) is 4.16. The van der Waals surface area contributed by atoms with E-state index in [0.29, 0.717) is 16.6 Å². The maximum Gasteiger partial charge on any atom is 0.231 e. The molecule has 5 nitrogen and oxygen atoms in total. The fourth-order valence-corrected chi connectivity index (χ4v) is 3.10. The van der Waals surface area contributed by atoms with Crippen LogP contribution in [0.5, 0.6) is 11.5 Å². The summed E-state index contributed by atoms with van der Waals surface area (Å²) in [6.07, 6.45) is 0. The van der Waals surface area contributed by atoms with Crippen molar-refractivity contribution in [3.8, 4) is 11.5 Å². The van der Waals surface area contributed by atoms with E-state index < -0.39 is 0 Å². The van der Waals surface area contributed by atoms with Crippen LogP contribution in [0.2, 0.25) is 0 Å². The Morgan fingerprint density at radius 2 is 2.05 bits per heavy atom. The second kappa shape index (κ2) is 5.79. The number of rotatable bonds is 3. The highest BCUT2D eigenvalue weighted by Gasteiger charge is 2.04. The molecule has 21 heavy (non-hydrogen) atoms. The Morgan fingerprint density at radius 1 is 1.19 bits per heavy atom. The van der Waals surface area contributed by atoms with Crippen LogP contribution in [-0.2, 0) is 0 Å². The van der Waals surface area contributed by atoms with Gasteiger partial charge >= 0.3 is 0 Å². The molecule has 0 amide bonds. The minimum Gasteiger partial charge on any atom is -0.504 e. The molecule has 0 aliphatic heterocycles. The van der Waals surface area contributed by atoms with Crippen LogP contribution in [-0.4, -0.2) is 17.2 Å². The molecule has 0 radical (unpaired) electrons. The van der Waals surface area contributed by atoms with Crippen molar-refractivity contribution in [2.24, 2.45) is 10.2 Å². The summed E-state index contributed by atoms with van der Waals surface area (Å²) in [7, 11) is 1.49. The molecule has 0 bridgehead atoms. The molecule has 0 fully saturated rings. The van der Waals surface area contributed by atoms with Crippen LogP contribution in [0.4, 0.5) is 10.8 Å². The number of phenolic OH excluding ortho intramolecular Hbond substituents is 1. The number of methoxy groups -OCH3 is 1. The van der Waals surface area contributed by atoms with E-state index in [1.807, 2.05) is 18.2 Å². The molecule has 2 aromatic carbocycles. The quantitative estimate of drug-likeness (QED) is 0.651. The Bertz CT molecular complexity index is 832. The molecule has 3 rings (SSSR count). The van der Waals surface area contributed by atoms with Crippen LogP contribution in [0.1, 0.15) is 0 Å². The molecule has 0 atom stereocenters. The molecule has 0 aliphatic rings. The highest BCUT2D eigenvalue weighted by Crippen LogP contribution is 2.33. The van der Waals surface area contributed by atoms with Gasteiger partial charge in [-0.2, -0.15) is 0 Å². The molecule has 0 saturated carbocycles. The van der Waals surface area contributed by atoms with E-state index in [9.17, 15) is 5.11 Å². The van der Waals surface area contributed by atoms with Gasteiger partial charge in [-0.05, 0) is 30.3 Å². The van der Waals surface area contributed by atoms with Crippen LogP contribution < -0.4 is 4.74 Å². The van der Waals surface area contributed by atoms with Crippen molar-refractivity contribution in [2.45, 2.75) is 0 Å². The summed E-state index contributed by atoms with van der Waals surface area (Å²) in [5.41, 5.74) is 1.48. The minimum atomic E-state index is 0.0706. The average molecular weight is 364 g/mol. The van der Waals surface area contributed by atoms with Crippen LogP contribution in [0.15, 0.2) is 51.1 Å². The Hall–Kier alpha value is -1.99. The van der Waals surface area contributed by atoms with E-state index >= 15 is 0 Å². The number of hydrogen-bond acceptors (Lipinski definition) is 6. The Labute approximate surface area is 133 Å². The van der Waals surface area contributed by atoms with Crippen LogP contribution in [0, 0.1) is 0 Å². The molecule has 1 aromatic heterocycles. The highest BCUT2D eigenvalue weighted by molar-refractivity contribution is 9.10. The van der Waals surface area contributed by atoms with E-state index in [2.05, 4.69) is 31.1 Å². The standard InChI is InChI=1S/C14H10BrN3O2S/c1-20-12-7-9(3-5-11(12)19)17-18-14-16-10-4-2-8(15)6-13(10)21-14/h2-7,19H,1H3. The van der Waals surface area contributed by atoms with Crippen molar-refractivity contribution in [2.75, 3.05) is 7.11 Å². The molecular formula is C14H10BrN3O2S. The number of phenols is 1. The largest absolute Gasteiger partial charge is 0.504 e. The third-order valence-corrected chi connectivity index (χ3v) is 4.15. The lowest BCUT2D eigenvalue weighted by atomic mass is 10.3. The molecule has 1 heterocycles. The first-order valence-corrected chi connectivity index (χ1v) is 7.61. The number of thiazole rings is 1. The van der Waals surface area contributed by atoms with Gasteiger partial charge in [0, 0.05) is 10.5 Å². The fourth-order valence-electron chi connectivity index (χ4n) is 1.76. The Morgan fingerprint density at radius 3 is 2.86 bits per heavy atom. The SMILES string of the molecule is COc1cc(N=Nc2nc3ccc(Br)cc3s2)ccc1O. The molecule has 3 aromatic rings. The van der Waals surface area contributed by atoms with Gasteiger partial charge in [0.1, 0.15) is 0 Å². The molecule has 0 spiro atoms. The Kier molecular flexibility index (Phi) is 3.85. The van der Waals surface area contributed by atoms with Crippen molar-refractivity contribution in [1.29, 1.82) is 0 Å². The van der Waals surface area contributed by atoms with Crippen molar-refractivity contribution < 1.29 is 9.84 Å². The molecular weight excluding hydrogens is 354 g/mol. The predicted molar refractivity (Wildman–Crippen MR) is 86.2 cm³/mol. The van der Waals surface area contributed by atoms with Gasteiger partial charge in [0.2, 0.25) is 5.13 Å². The average Bonchev–Trinajstić information content (AvgIpc) is 2.88. The Balaban J connectivity index is 1.90. The zero-order valence-corrected chi connectivity index (χ0v) is 13.3. The lowest BCUT2D eigenvalue weighted by molar-refractivity contribution is 0.373. The normalized spacial score (nSPS) is 11.3. The van der Waals surface area contributed by atoms with Crippen molar-refractivity contribution in [3.05, 3.63) is 40.9 Å². The monoisotopic (exact) mass is 363 g/mol. The van der Waals surface area contributed by atoms with Crippen molar-refractivity contribution in [1.82, 2.24) is 4.98 Å². The minimum absolute atomic E-state index is 0.0706. The molecule has 0 unspecified atom stereocenters. The number of fused-ring (bicyclic) bond motifs is 1. The predicted octanol–water partition coefficient (Wildman–Crippen LogP) is 5.19. The fraction of sp³-hybridized carbons (Fsp3) is 0.0714. The molecule has 0 aliphatic carbocycles. The summed E-state index contributed by atoms with van der Waals surface area (Å²) in [4.78, 5) is 4.39. The molecule has 7 heteroatoms. The third kappa shape index (κ3) is 3.03. The number of benzene rings is 2. The molecule has 1 N–H and O–H groups in total. The van der Waals surface area contributed by atoms with Crippen molar-refractivity contribution in [3.63, 3.8) is 0 Å². The van der Waals surface area contributed by atoms with Gasteiger partial charge in [0.05, 0.1) is 23.0 Å². The van der Waals surface area contributed by atoms with E-state index in [1.54, 1.807) is 12.1 Å². The maximum absolute atomic E-state index is 9.53. The summed E-state index contributed by atoms with van der Waals surface area (Å²) in [5, 5.41) is 18.4. The van der Waals surface area contributed by atoms with Gasteiger partial charge in [-0.25, -0.2) is 4.98 Å². The number of aromatic hydroxyl groups is 1. The smallest absolute Gasteiger partial charge is 0.231 e. The van der Waals surface area contributed by atoms with Crippen LogP contribution in [0.25, 0.3) is 10.2 Å². The van der Waals surface area contributed by atoms with Crippen molar-refractivity contribution >= 4 is 48.3 Å². The van der Waals surface area contributed by atoms with Crippen LogP contribution in [0.3, 0.4) is 0 Å². The maximum atomic E-state index is 9.53. The first-order valence-electron chi connectivity index (χ1n) is 6.00. The number of aromatic nitrogens is 1. The third-order valence-electron chi connectivity index (χ3n) is 2.75. The number of halogens is 1. The topological polar surface area (TPSA) is 67.1 Å². The van der Waals surface area contributed by atoms with E-state index in [4.69, 9.17) is 4.74 Å². The van der Waals surface area contributed by atoms with E-state index in [0.717, 1.165) is 14.7 Å². The first-order chi connectivity index (χ1) is 10.2. The van der Waals surface area contributed by atoms with Gasteiger partial charge in [-0.1, -0.05) is 27.3 Å². The van der Waals surface area contributed by atoms with E-state index in [1.165, 1.54) is 24.5 Å². The van der Waals surface area contributed by atoms with E-state index in [-0.39, 0.29) is 5.75 Å². The van der Waals surface area contributed by atoms with Gasteiger partial charge in [0.15, 0.2) is 11.5 Å². The summed E-state index contributed by atoms with van der Waals surface area (Å²) >= 11 is 4.89. The van der Waals surface area contributed by atoms with Gasteiger partial charge in [-0.3, -0.25) is 0 Å². The summed E-state index contributed by atoms with van der Waals surface area (Å²) in [5.74, 6) is 0.431. The first kappa shape index (κ1) is 14.0. The van der Waals surface area contributed by atoms with Gasteiger partial charge in [-0.15, -0.1) is 10.2 Å². The van der Waals surface area contributed by atoms with Gasteiger partial charge < -0.3 is 9.84 Å².